The lowest BCUT2D eigenvalue weighted by atomic mass is 9.92. The van der Waals surface area contributed by atoms with E-state index in [1.54, 1.807) is 0 Å². The predicted molar refractivity (Wildman–Crippen MR) is 82.7 cm³/mol. The van der Waals surface area contributed by atoms with Gasteiger partial charge in [0.2, 0.25) is 5.91 Å². The Morgan fingerprint density at radius 1 is 1.28 bits per heavy atom. The van der Waals surface area contributed by atoms with Crippen LogP contribution in [0.3, 0.4) is 0 Å². The molecule has 0 bridgehead atoms. The number of hydrogen-bond donors (Lipinski definition) is 2. The van der Waals surface area contributed by atoms with Gasteiger partial charge in [-0.25, -0.2) is 0 Å². The Bertz CT molecular complexity index is 233. The smallest absolute Gasteiger partial charge is 0.224 e. The lowest BCUT2D eigenvalue weighted by Gasteiger charge is -2.29. The van der Waals surface area contributed by atoms with E-state index in [9.17, 15) is 4.79 Å². The molecule has 0 aromatic heterocycles. The average molecular weight is 302 g/mol. The molecule has 0 aliphatic heterocycles. The van der Waals surface area contributed by atoms with Gasteiger partial charge in [0.05, 0.1) is 0 Å². The van der Waals surface area contributed by atoms with E-state index in [1.807, 2.05) is 27.9 Å². The zero-order valence-corrected chi connectivity index (χ0v) is 14.0. The first-order valence-electron chi connectivity index (χ1n) is 5.84. The van der Waals surface area contributed by atoms with Crippen LogP contribution in [0.25, 0.3) is 0 Å². The molecule has 2 unspecified atom stereocenters. The summed E-state index contributed by atoms with van der Waals surface area (Å²) in [5, 5.41) is 2.96. The topological polar surface area (TPSA) is 58.4 Å². The molecule has 0 aliphatic carbocycles. The summed E-state index contributed by atoms with van der Waals surface area (Å²) in [6.07, 6.45) is 0. The molecule has 0 heterocycles. The number of nitrogens with zero attached hydrogens (tertiary/aromatic N) is 1. The molecule has 0 saturated heterocycles. The molecule has 4 nitrogen and oxygen atoms in total. The Hall–Kier alpha value is -0.0300. The van der Waals surface area contributed by atoms with Crippen LogP contribution in [0.15, 0.2) is 0 Å². The number of rotatable bonds is 6. The highest BCUT2D eigenvalue weighted by molar-refractivity contribution is 5.85. The fourth-order valence-electron chi connectivity index (χ4n) is 1.64. The second kappa shape index (κ2) is 9.84. The number of nitrogens with two attached hydrogens (primary N) is 1. The predicted octanol–water partition coefficient (Wildman–Crippen LogP) is 1.52. The maximum absolute atomic E-state index is 11.7. The minimum absolute atomic E-state index is 0. The quantitative estimate of drug-likeness (QED) is 0.782. The van der Waals surface area contributed by atoms with Crippen molar-refractivity contribution in [2.24, 2.45) is 17.1 Å². The van der Waals surface area contributed by atoms with Crippen molar-refractivity contribution in [3.8, 4) is 0 Å². The van der Waals surface area contributed by atoms with Crippen LogP contribution in [-0.4, -0.2) is 44.0 Å². The largest absolute Gasteiger partial charge is 0.355 e. The van der Waals surface area contributed by atoms with Gasteiger partial charge in [0.15, 0.2) is 0 Å². The molecule has 1 amide bonds. The highest BCUT2D eigenvalue weighted by Gasteiger charge is 2.22. The summed E-state index contributed by atoms with van der Waals surface area (Å²) >= 11 is 0. The zero-order valence-electron chi connectivity index (χ0n) is 12.3. The van der Waals surface area contributed by atoms with Gasteiger partial charge in [0.1, 0.15) is 0 Å². The van der Waals surface area contributed by atoms with Gasteiger partial charge in [0, 0.05) is 25.0 Å². The molecule has 0 aromatic carbocycles. The van der Waals surface area contributed by atoms with Crippen LogP contribution in [0.2, 0.25) is 0 Å². The standard InChI is InChI=1S/C12H27N3O.2ClH/c1-9(10(2)13)11(16)14-7-12(3,4)8-15(5)6;;/h9-10H,7-8,13H2,1-6H3,(H,14,16);2*1H. The normalized spacial score (nSPS) is 14.2. The zero-order chi connectivity index (χ0) is 12.9. The number of hydrogen-bond acceptors (Lipinski definition) is 3. The second-order valence-corrected chi connectivity index (χ2v) is 5.77. The van der Waals surface area contributed by atoms with Gasteiger partial charge in [-0.15, -0.1) is 24.8 Å². The number of amides is 1. The molecule has 0 aromatic rings. The Morgan fingerprint density at radius 3 is 2.06 bits per heavy atom. The summed E-state index contributed by atoms with van der Waals surface area (Å²) in [5.74, 6) is -0.0861. The lowest BCUT2D eigenvalue weighted by molar-refractivity contribution is -0.125. The van der Waals surface area contributed by atoms with Crippen molar-refractivity contribution in [3.05, 3.63) is 0 Å². The number of halogens is 2. The molecule has 6 heteroatoms. The maximum Gasteiger partial charge on any atom is 0.224 e. The molecule has 0 aliphatic rings. The van der Waals surface area contributed by atoms with Crippen molar-refractivity contribution in [3.63, 3.8) is 0 Å². The molecule has 18 heavy (non-hydrogen) atoms. The summed E-state index contributed by atoms with van der Waals surface area (Å²) in [7, 11) is 4.07. The fourth-order valence-corrected chi connectivity index (χ4v) is 1.64. The van der Waals surface area contributed by atoms with Gasteiger partial charge in [-0.05, 0) is 26.4 Å². The van der Waals surface area contributed by atoms with Crippen molar-refractivity contribution in [2.45, 2.75) is 33.7 Å². The Labute approximate surface area is 124 Å². The molecule has 3 N–H and O–H groups in total. The highest BCUT2D eigenvalue weighted by Crippen LogP contribution is 2.14. The number of carbonyl (C=O) groups is 1. The van der Waals surface area contributed by atoms with Crippen LogP contribution >= 0.6 is 24.8 Å². The van der Waals surface area contributed by atoms with Crippen LogP contribution in [0.1, 0.15) is 27.7 Å². The van der Waals surface area contributed by atoms with Gasteiger partial charge >= 0.3 is 0 Å². The van der Waals surface area contributed by atoms with Gasteiger partial charge in [-0.3, -0.25) is 4.79 Å². The van der Waals surface area contributed by atoms with Gasteiger partial charge in [0.25, 0.3) is 0 Å². The summed E-state index contributed by atoms with van der Waals surface area (Å²) in [6.45, 7) is 9.63. The molecule has 112 valence electrons. The van der Waals surface area contributed by atoms with Gasteiger partial charge in [-0.2, -0.15) is 0 Å². The molecular weight excluding hydrogens is 273 g/mol. The average Bonchev–Trinajstić information content (AvgIpc) is 2.10. The lowest BCUT2D eigenvalue weighted by Crippen LogP contribution is -2.44. The molecular formula is C12H29Cl2N3O. The number of carbonyl (C=O) groups excluding carboxylic acids is 1. The van der Waals surface area contributed by atoms with E-state index in [2.05, 4.69) is 24.1 Å². The molecule has 0 spiro atoms. The first-order chi connectivity index (χ1) is 7.15. The number of nitrogens with one attached hydrogen (secondary N) is 1. The van der Waals surface area contributed by atoms with E-state index in [4.69, 9.17) is 5.73 Å². The summed E-state index contributed by atoms with van der Waals surface area (Å²) in [4.78, 5) is 13.8. The van der Waals surface area contributed by atoms with Crippen LogP contribution in [0, 0.1) is 11.3 Å². The van der Waals surface area contributed by atoms with Crippen molar-refractivity contribution >= 4 is 30.7 Å². The molecule has 0 fully saturated rings. The summed E-state index contributed by atoms with van der Waals surface area (Å²) in [6, 6.07) is -0.100. The van der Waals surface area contributed by atoms with E-state index < -0.39 is 0 Å². The van der Waals surface area contributed by atoms with E-state index in [0.717, 1.165) is 6.54 Å². The van der Waals surface area contributed by atoms with Crippen molar-refractivity contribution in [2.75, 3.05) is 27.2 Å². The van der Waals surface area contributed by atoms with E-state index in [1.165, 1.54) is 0 Å². The van der Waals surface area contributed by atoms with E-state index >= 15 is 0 Å². The maximum atomic E-state index is 11.7. The van der Waals surface area contributed by atoms with Crippen molar-refractivity contribution in [1.29, 1.82) is 0 Å². The van der Waals surface area contributed by atoms with Crippen molar-refractivity contribution < 1.29 is 4.79 Å². The Balaban J connectivity index is -0.00000112. The first kappa shape index (κ1) is 23.1. The van der Waals surface area contributed by atoms with Crippen LogP contribution < -0.4 is 11.1 Å². The third kappa shape index (κ3) is 9.95. The Morgan fingerprint density at radius 2 is 1.72 bits per heavy atom. The van der Waals surface area contributed by atoms with E-state index in [-0.39, 0.29) is 48.1 Å². The molecule has 0 radical (unpaired) electrons. The van der Waals surface area contributed by atoms with Crippen LogP contribution in [0.4, 0.5) is 0 Å². The van der Waals surface area contributed by atoms with Crippen LogP contribution in [0.5, 0.6) is 0 Å². The Kier molecular flexibility index (Phi) is 12.6. The fraction of sp³-hybridized carbons (Fsp3) is 0.917. The minimum atomic E-state index is -0.129. The van der Waals surface area contributed by atoms with Crippen molar-refractivity contribution in [1.82, 2.24) is 10.2 Å². The summed E-state index contributed by atoms with van der Waals surface area (Å²) in [5.41, 5.74) is 5.77. The molecule has 2 atom stereocenters. The van der Waals surface area contributed by atoms with Gasteiger partial charge < -0.3 is 16.0 Å². The minimum Gasteiger partial charge on any atom is -0.355 e. The SMILES string of the molecule is CC(N)C(C)C(=O)NCC(C)(C)CN(C)C.Cl.Cl. The third-order valence-corrected chi connectivity index (χ3v) is 2.69. The summed E-state index contributed by atoms with van der Waals surface area (Å²) < 4.78 is 0. The first-order valence-corrected chi connectivity index (χ1v) is 5.84. The molecule has 0 rings (SSSR count). The second-order valence-electron chi connectivity index (χ2n) is 5.77. The molecule has 0 saturated carbocycles. The van der Waals surface area contributed by atoms with E-state index in [0.29, 0.717) is 6.54 Å². The van der Waals surface area contributed by atoms with Crippen LogP contribution in [-0.2, 0) is 4.79 Å². The monoisotopic (exact) mass is 301 g/mol. The third-order valence-electron chi connectivity index (χ3n) is 2.69. The highest BCUT2D eigenvalue weighted by atomic mass is 35.5. The van der Waals surface area contributed by atoms with Gasteiger partial charge in [-0.1, -0.05) is 20.8 Å².